The van der Waals surface area contributed by atoms with Gasteiger partial charge in [-0.2, -0.15) is 4.98 Å². The molecule has 0 aliphatic heterocycles. The lowest BCUT2D eigenvalue weighted by Gasteiger charge is -2.18. The van der Waals surface area contributed by atoms with Gasteiger partial charge in [0.05, 0.1) is 19.8 Å². The molecule has 1 aromatic heterocycles. The molecule has 0 saturated carbocycles. The molecule has 0 bridgehead atoms. The second-order valence-electron chi connectivity index (χ2n) is 3.92. The average molecular weight is 254 g/mol. The summed E-state index contributed by atoms with van der Waals surface area (Å²) in [5, 5.41) is 11.8. The predicted octanol–water partition coefficient (Wildman–Crippen LogP) is 0.744. The van der Waals surface area contributed by atoms with E-state index < -0.39 is 0 Å². The number of aliphatic hydroxyl groups is 1. The Morgan fingerprint density at radius 2 is 2.28 bits per heavy atom. The highest BCUT2D eigenvalue weighted by Crippen LogP contribution is 2.09. The second kappa shape index (κ2) is 8.66. The van der Waals surface area contributed by atoms with Gasteiger partial charge in [-0.05, 0) is 12.5 Å². The van der Waals surface area contributed by atoms with Gasteiger partial charge in [0.2, 0.25) is 5.95 Å². The summed E-state index contributed by atoms with van der Waals surface area (Å²) in [5.41, 5.74) is 0. The Morgan fingerprint density at radius 1 is 1.44 bits per heavy atom. The summed E-state index contributed by atoms with van der Waals surface area (Å²) < 4.78 is 5.22. The average Bonchev–Trinajstić information content (AvgIpc) is 2.41. The van der Waals surface area contributed by atoms with E-state index in [2.05, 4.69) is 22.2 Å². The minimum Gasteiger partial charge on any atom is -0.394 e. The van der Waals surface area contributed by atoms with Crippen LogP contribution in [-0.2, 0) is 4.74 Å². The van der Waals surface area contributed by atoms with Crippen LogP contribution >= 0.6 is 0 Å². The summed E-state index contributed by atoms with van der Waals surface area (Å²) in [5.74, 6) is 1.51. The molecule has 2 N–H and O–H groups in total. The Labute approximate surface area is 108 Å². The Morgan fingerprint density at radius 3 is 3.00 bits per heavy atom. The fraction of sp³-hybridized carbons (Fsp3) is 0.667. The molecule has 6 nitrogen and oxygen atoms in total. The molecular formula is C12H22N4O2. The summed E-state index contributed by atoms with van der Waals surface area (Å²) in [4.78, 5) is 10.6. The van der Waals surface area contributed by atoms with Crippen LogP contribution in [-0.4, -0.2) is 55.0 Å². The van der Waals surface area contributed by atoms with Gasteiger partial charge in [0.25, 0.3) is 0 Å². The van der Waals surface area contributed by atoms with Gasteiger partial charge >= 0.3 is 0 Å². The van der Waals surface area contributed by atoms with E-state index in [-0.39, 0.29) is 6.61 Å². The molecule has 0 aromatic carbocycles. The van der Waals surface area contributed by atoms with E-state index in [1.165, 1.54) is 0 Å². The third-order valence-corrected chi connectivity index (χ3v) is 2.37. The molecule has 1 rings (SSSR count). The molecule has 0 amide bonds. The maximum absolute atomic E-state index is 8.60. The van der Waals surface area contributed by atoms with Gasteiger partial charge in [-0.15, -0.1) is 0 Å². The molecule has 0 unspecified atom stereocenters. The first-order valence-electron chi connectivity index (χ1n) is 6.24. The molecule has 0 fully saturated rings. The summed E-state index contributed by atoms with van der Waals surface area (Å²) in [6.07, 6.45) is 2.78. The van der Waals surface area contributed by atoms with Crippen molar-refractivity contribution in [3.05, 3.63) is 12.3 Å². The Kier molecular flexibility index (Phi) is 7.05. The van der Waals surface area contributed by atoms with Crippen molar-refractivity contribution in [1.29, 1.82) is 0 Å². The van der Waals surface area contributed by atoms with Crippen LogP contribution in [0.1, 0.15) is 13.3 Å². The molecular weight excluding hydrogens is 232 g/mol. The van der Waals surface area contributed by atoms with Crippen molar-refractivity contribution < 1.29 is 9.84 Å². The number of likely N-dealkylation sites (N-methyl/N-ethyl adjacent to an activating group) is 1. The molecule has 6 heteroatoms. The molecule has 1 heterocycles. The van der Waals surface area contributed by atoms with Crippen LogP contribution < -0.4 is 10.2 Å². The van der Waals surface area contributed by atoms with Crippen molar-refractivity contribution in [3.63, 3.8) is 0 Å². The fourth-order valence-electron chi connectivity index (χ4n) is 1.37. The van der Waals surface area contributed by atoms with Crippen molar-refractivity contribution in [2.24, 2.45) is 0 Å². The Bertz CT molecular complexity index is 336. The monoisotopic (exact) mass is 254 g/mol. The number of ether oxygens (including phenoxy) is 1. The molecule has 0 aliphatic carbocycles. The van der Waals surface area contributed by atoms with Gasteiger partial charge in [-0.1, -0.05) is 6.92 Å². The SMILES string of the molecule is CCCNc1nccc(N(C)CCOCCO)n1. The number of rotatable bonds is 9. The lowest BCUT2D eigenvalue weighted by Crippen LogP contribution is -2.24. The highest BCUT2D eigenvalue weighted by molar-refractivity contribution is 5.41. The lowest BCUT2D eigenvalue weighted by atomic mass is 10.5. The molecule has 18 heavy (non-hydrogen) atoms. The summed E-state index contributed by atoms with van der Waals surface area (Å²) in [7, 11) is 1.95. The zero-order valence-corrected chi connectivity index (χ0v) is 11.1. The van der Waals surface area contributed by atoms with Crippen LogP contribution in [0.2, 0.25) is 0 Å². The minimum absolute atomic E-state index is 0.0578. The van der Waals surface area contributed by atoms with Gasteiger partial charge in [0.15, 0.2) is 0 Å². The standard InChI is InChI=1S/C12H22N4O2/c1-3-5-13-12-14-6-4-11(15-12)16(2)7-9-18-10-8-17/h4,6,17H,3,5,7-10H2,1-2H3,(H,13,14,15). The molecule has 0 saturated heterocycles. The topological polar surface area (TPSA) is 70.5 Å². The van der Waals surface area contributed by atoms with Crippen molar-refractivity contribution in [2.75, 3.05) is 50.2 Å². The van der Waals surface area contributed by atoms with Crippen molar-refractivity contribution in [1.82, 2.24) is 9.97 Å². The number of hydrogen-bond donors (Lipinski definition) is 2. The predicted molar refractivity (Wildman–Crippen MR) is 72.0 cm³/mol. The normalized spacial score (nSPS) is 10.4. The molecule has 0 aliphatic rings. The first kappa shape index (κ1) is 14.7. The highest BCUT2D eigenvalue weighted by atomic mass is 16.5. The number of nitrogens with one attached hydrogen (secondary N) is 1. The van der Waals surface area contributed by atoms with E-state index >= 15 is 0 Å². The number of aliphatic hydroxyl groups excluding tert-OH is 1. The summed E-state index contributed by atoms with van der Waals surface area (Å²) in [6.45, 7) is 4.69. The number of aromatic nitrogens is 2. The van der Waals surface area contributed by atoms with E-state index in [0.29, 0.717) is 19.2 Å². The van der Waals surface area contributed by atoms with E-state index in [4.69, 9.17) is 9.84 Å². The molecule has 0 spiro atoms. The number of anilines is 2. The van der Waals surface area contributed by atoms with Crippen molar-refractivity contribution in [3.8, 4) is 0 Å². The van der Waals surface area contributed by atoms with Crippen molar-refractivity contribution >= 4 is 11.8 Å². The molecule has 1 aromatic rings. The number of hydrogen-bond acceptors (Lipinski definition) is 6. The largest absolute Gasteiger partial charge is 0.394 e. The zero-order valence-electron chi connectivity index (χ0n) is 11.1. The summed E-state index contributed by atoms with van der Waals surface area (Å²) >= 11 is 0. The van der Waals surface area contributed by atoms with Crippen LogP contribution in [0.25, 0.3) is 0 Å². The smallest absolute Gasteiger partial charge is 0.224 e. The first-order chi connectivity index (χ1) is 8.77. The third kappa shape index (κ3) is 5.29. The first-order valence-corrected chi connectivity index (χ1v) is 6.24. The minimum atomic E-state index is 0.0578. The van der Waals surface area contributed by atoms with Crippen LogP contribution in [0.4, 0.5) is 11.8 Å². The quantitative estimate of drug-likeness (QED) is 0.634. The van der Waals surface area contributed by atoms with Crippen LogP contribution in [0.15, 0.2) is 12.3 Å². The molecule has 102 valence electrons. The summed E-state index contributed by atoms with van der Waals surface area (Å²) in [6, 6.07) is 1.86. The van der Waals surface area contributed by atoms with Gasteiger partial charge in [-0.3, -0.25) is 0 Å². The van der Waals surface area contributed by atoms with Gasteiger partial charge in [-0.25, -0.2) is 4.98 Å². The fourth-order valence-corrected chi connectivity index (χ4v) is 1.37. The Balaban J connectivity index is 2.43. The van der Waals surface area contributed by atoms with E-state index in [0.717, 1.165) is 25.3 Å². The maximum Gasteiger partial charge on any atom is 0.224 e. The maximum atomic E-state index is 8.60. The van der Waals surface area contributed by atoms with E-state index in [1.807, 2.05) is 18.0 Å². The molecule has 0 radical (unpaired) electrons. The lowest BCUT2D eigenvalue weighted by molar-refractivity contribution is 0.0970. The highest BCUT2D eigenvalue weighted by Gasteiger charge is 2.04. The third-order valence-electron chi connectivity index (χ3n) is 2.37. The van der Waals surface area contributed by atoms with E-state index in [9.17, 15) is 0 Å². The van der Waals surface area contributed by atoms with Crippen LogP contribution in [0, 0.1) is 0 Å². The van der Waals surface area contributed by atoms with Crippen LogP contribution in [0.3, 0.4) is 0 Å². The number of nitrogens with zero attached hydrogens (tertiary/aromatic N) is 3. The zero-order chi connectivity index (χ0) is 13.2. The van der Waals surface area contributed by atoms with Gasteiger partial charge < -0.3 is 20.1 Å². The van der Waals surface area contributed by atoms with Gasteiger partial charge in [0, 0.05) is 26.3 Å². The van der Waals surface area contributed by atoms with Gasteiger partial charge in [0.1, 0.15) is 5.82 Å². The van der Waals surface area contributed by atoms with Crippen LogP contribution in [0.5, 0.6) is 0 Å². The molecule has 0 atom stereocenters. The second-order valence-corrected chi connectivity index (χ2v) is 3.92. The van der Waals surface area contributed by atoms with E-state index in [1.54, 1.807) is 6.20 Å². The van der Waals surface area contributed by atoms with Crippen molar-refractivity contribution in [2.45, 2.75) is 13.3 Å². The Hall–Kier alpha value is -1.40.